The van der Waals surface area contributed by atoms with Crippen LogP contribution in [0.3, 0.4) is 0 Å². The maximum atomic E-state index is 12.2. The summed E-state index contributed by atoms with van der Waals surface area (Å²) < 4.78 is 56.5. The Morgan fingerprint density at radius 1 is 1.00 bits per heavy atom. The number of para-hydroxylation sites is 1. The van der Waals surface area contributed by atoms with Gasteiger partial charge in [0.15, 0.2) is 0 Å². The molecular formula is C22H31N3O6S2. The van der Waals surface area contributed by atoms with Gasteiger partial charge in [0.1, 0.15) is 12.4 Å². The summed E-state index contributed by atoms with van der Waals surface area (Å²) in [4.78, 5) is 12.3. The Hall–Kier alpha value is -2.63. The fourth-order valence-electron chi connectivity index (χ4n) is 3.06. The minimum atomic E-state index is -3.50. The molecule has 2 rings (SSSR count). The maximum absolute atomic E-state index is 12.2. The van der Waals surface area contributed by atoms with E-state index in [0.29, 0.717) is 17.9 Å². The molecule has 2 aromatic carbocycles. The minimum Gasteiger partial charge on any atom is -0.492 e. The molecule has 0 aliphatic rings. The van der Waals surface area contributed by atoms with Crippen molar-refractivity contribution in [3.05, 3.63) is 54.1 Å². The van der Waals surface area contributed by atoms with Crippen LogP contribution in [-0.2, 0) is 24.8 Å². The minimum absolute atomic E-state index is 0.169. The Morgan fingerprint density at radius 2 is 1.64 bits per heavy atom. The summed E-state index contributed by atoms with van der Waals surface area (Å²) in [5.41, 5.74) is 1.45. The molecule has 0 bridgehead atoms. The van der Waals surface area contributed by atoms with E-state index in [1.807, 2.05) is 19.1 Å². The van der Waals surface area contributed by atoms with Gasteiger partial charge in [0.05, 0.1) is 23.4 Å². The van der Waals surface area contributed by atoms with Gasteiger partial charge in [0, 0.05) is 27.1 Å². The number of sulfonamides is 2. The molecule has 0 atom stereocenters. The van der Waals surface area contributed by atoms with Crippen LogP contribution in [0.1, 0.15) is 18.4 Å². The first-order chi connectivity index (χ1) is 15.4. The van der Waals surface area contributed by atoms with Gasteiger partial charge in [0.25, 0.3) is 0 Å². The van der Waals surface area contributed by atoms with Crippen molar-refractivity contribution in [2.24, 2.45) is 0 Å². The standard InChI is InChI=1S/C22H31N3O6S2/c1-18-8-5-6-9-21(18)25(32(4,27)28)16-7-10-22(26)23-15-17-31-19-11-13-20(14-12-19)33(29,30)24(2)3/h5-6,8-9,11-14H,7,10,15-17H2,1-4H3,(H,23,26). The number of amides is 1. The quantitative estimate of drug-likeness (QED) is 0.449. The van der Waals surface area contributed by atoms with Crippen LogP contribution in [0.15, 0.2) is 53.4 Å². The molecule has 0 aromatic heterocycles. The van der Waals surface area contributed by atoms with Gasteiger partial charge in [-0.1, -0.05) is 18.2 Å². The molecule has 0 saturated carbocycles. The number of carbonyl (C=O) groups excluding carboxylic acids is 1. The number of nitrogens with zero attached hydrogens (tertiary/aromatic N) is 2. The van der Waals surface area contributed by atoms with Gasteiger partial charge in [-0.05, 0) is 49.2 Å². The van der Waals surface area contributed by atoms with Gasteiger partial charge >= 0.3 is 0 Å². The highest BCUT2D eigenvalue weighted by atomic mass is 32.2. The Bertz CT molecular complexity index is 1150. The number of aryl methyl sites for hydroxylation is 1. The number of benzene rings is 2. The van der Waals surface area contributed by atoms with E-state index in [1.165, 1.54) is 30.5 Å². The summed E-state index contributed by atoms with van der Waals surface area (Å²) in [5.74, 6) is 0.285. The number of anilines is 1. The van der Waals surface area contributed by atoms with Gasteiger partial charge in [-0.2, -0.15) is 0 Å². The summed E-state index contributed by atoms with van der Waals surface area (Å²) >= 11 is 0. The van der Waals surface area contributed by atoms with Crippen molar-refractivity contribution in [2.75, 3.05) is 44.4 Å². The molecule has 0 spiro atoms. The van der Waals surface area contributed by atoms with Crippen LogP contribution in [0.5, 0.6) is 5.75 Å². The summed E-state index contributed by atoms with van der Waals surface area (Å²) in [6.07, 6.45) is 1.70. The zero-order valence-corrected chi connectivity index (χ0v) is 20.9. The molecule has 182 valence electrons. The molecule has 0 unspecified atom stereocenters. The van der Waals surface area contributed by atoms with Gasteiger partial charge in [-0.15, -0.1) is 0 Å². The highest BCUT2D eigenvalue weighted by Gasteiger charge is 2.19. The molecule has 1 amide bonds. The van der Waals surface area contributed by atoms with Gasteiger partial charge in [0.2, 0.25) is 26.0 Å². The van der Waals surface area contributed by atoms with Crippen molar-refractivity contribution < 1.29 is 26.4 Å². The molecule has 0 saturated heterocycles. The third kappa shape index (κ3) is 7.72. The lowest BCUT2D eigenvalue weighted by atomic mass is 10.2. The van der Waals surface area contributed by atoms with E-state index in [9.17, 15) is 21.6 Å². The van der Waals surface area contributed by atoms with E-state index in [-0.39, 0.29) is 36.9 Å². The van der Waals surface area contributed by atoms with Crippen LogP contribution in [0.2, 0.25) is 0 Å². The third-order valence-electron chi connectivity index (χ3n) is 4.84. The first kappa shape index (κ1) is 26.6. The Kier molecular flexibility index (Phi) is 9.26. The SMILES string of the molecule is Cc1ccccc1N(CCCC(=O)NCCOc1ccc(S(=O)(=O)N(C)C)cc1)S(C)(=O)=O. The zero-order chi connectivity index (χ0) is 24.6. The smallest absolute Gasteiger partial charge is 0.242 e. The first-order valence-corrected chi connectivity index (χ1v) is 13.7. The van der Waals surface area contributed by atoms with Gasteiger partial charge in [-0.25, -0.2) is 21.1 Å². The van der Waals surface area contributed by atoms with Gasteiger partial charge in [-0.3, -0.25) is 9.10 Å². The van der Waals surface area contributed by atoms with Gasteiger partial charge < -0.3 is 10.1 Å². The van der Waals surface area contributed by atoms with E-state index in [2.05, 4.69) is 5.32 Å². The van der Waals surface area contributed by atoms with Crippen molar-refractivity contribution in [1.29, 1.82) is 0 Å². The number of carbonyl (C=O) groups is 1. The molecule has 0 heterocycles. The van der Waals surface area contributed by atoms with Crippen LogP contribution >= 0.6 is 0 Å². The van der Waals surface area contributed by atoms with Crippen LogP contribution in [0, 0.1) is 6.92 Å². The molecule has 0 radical (unpaired) electrons. The first-order valence-electron chi connectivity index (χ1n) is 10.4. The predicted molar refractivity (Wildman–Crippen MR) is 128 cm³/mol. The van der Waals surface area contributed by atoms with Crippen LogP contribution in [-0.4, -0.2) is 67.1 Å². The second-order valence-corrected chi connectivity index (χ2v) is 11.7. The average molecular weight is 498 g/mol. The number of nitrogens with one attached hydrogen (secondary N) is 1. The average Bonchev–Trinajstić information content (AvgIpc) is 2.74. The monoisotopic (exact) mass is 497 g/mol. The van der Waals surface area contributed by atoms with Crippen molar-refractivity contribution in [3.8, 4) is 5.75 Å². The fraction of sp³-hybridized carbons (Fsp3) is 0.409. The number of hydrogen-bond donors (Lipinski definition) is 1. The molecule has 0 aliphatic carbocycles. The van der Waals surface area contributed by atoms with E-state index < -0.39 is 20.0 Å². The molecule has 0 fully saturated rings. The number of hydrogen-bond acceptors (Lipinski definition) is 6. The van der Waals surface area contributed by atoms with Crippen molar-refractivity contribution in [2.45, 2.75) is 24.7 Å². The molecule has 1 N–H and O–H groups in total. The predicted octanol–water partition coefficient (Wildman–Crippen LogP) is 1.99. The second kappa shape index (κ2) is 11.5. The Balaban J connectivity index is 1.77. The van der Waals surface area contributed by atoms with Crippen molar-refractivity contribution in [1.82, 2.24) is 9.62 Å². The highest BCUT2D eigenvalue weighted by molar-refractivity contribution is 7.92. The molecule has 33 heavy (non-hydrogen) atoms. The van der Waals surface area contributed by atoms with Crippen LogP contribution in [0.4, 0.5) is 5.69 Å². The Morgan fingerprint density at radius 3 is 2.21 bits per heavy atom. The molecule has 2 aromatic rings. The third-order valence-corrected chi connectivity index (χ3v) is 7.85. The zero-order valence-electron chi connectivity index (χ0n) is 19.3. The molecule has 9 nitrogen and oxygen atoms in total. The maximum Gasteiger partial charge on any atom is 0.242 e. The number of rotatable bonds is 12. The van der Waals surface area contributed by atoms with E-state index in [0.717, 1.165) is 16.1 Å². The lowest BCUT2D eigenvalue weighted by molar-refractivity contribution is -0.121. The van der Waals surface area contributed by atoms with Crippen LogP contribution in [0.25, 0.3) is 0 Å². The Labute approximate surface area is 196 Å². The van der Waals surface area contributed by atoms with Crippen LogP contribution < -0.4 is 14.4 Å². The normalized spacial score (nSPS) is 11.9. The van der Waals surface area contributed by atoms with Crippen molar-refractivity contribution >= 4 is 31.6 Å². The topological polar surface area (TPSA) is 113 Å². The second-order valence-electron chi connectivity index (χ2n) is 7.68. The molecule has 0 aliphatic heterocycles. The van der Waals surface area contributed by atoms with E-state index in [4.69, 9.17) is 4.74 Å². The summed E-state index contributed by atoms with van der Waals surface area (Å²) in [6, 6.07) is 13.3. The van der Waals surface area contributed by atoms with E-state index in [1.54, 1.807) is 24.3 Å². The summed E-state index contributed by atoms with van der Waals surface area (Å²) in [5, 5.41) is 2.73. The molecule has 11 heteroatoms. The van der Waals surface area contributed by atoms with E-state index >= 15 is 0 Å². The summed E-state index contributed by atoms with van der Waals surface area (Å²) in [7, 11) is -4.04. The molecular weight excluding hydrogens is 466 g/mol. The largest absolute Gasteiger partial charge is 0.492 e. The number of ether oxygens (including phenoxy) is 1. The lowest BCUT2D eigenvalue weighted by Crippen LogP contribution is -2.33. The fourth-order valence-corrected chi connectivity index (χ4v) is 4.98. The lowest BCUT2D eigenvalue weighted by Gasteiger charge is -2.24. The summed E-state index contributed by atoms with van der Waals surface area (Å²) in [6.45, 7) is 2.53. The van der Waals surface area contributed by atoms with Crippen molar-refractivity contribution in [3.63, 3.8) is 0 Å². The highest BCUT2D eigenvalue weighted by Crippen LogP contribution is 2.22.